The van der Waals surface area contributed by atoms with Gasteiger partial charge in [0.05, 0.1) is 23.2 Å². The summed E-state index contributed by atoms with van der Waals surface area (Å²) < 4.78 is 5.09. The van der Waals surface area contributed by atoms with Crippen LogP contribution in [-0.4, -0.2) is 65.2 Å². The number of aliphatic carboxylic acids is 2. The number of hydrogen-bond acceptors (Lipinski definition) is 6. The summed E-state index contributed by atoms with van der Waals surface area (Å²) in [5.41, 5.74) is 0.627. The van der Waals surface area contributed by atoms with Crippen molar-refractivity contribution in [3.63, 3.8) is 0 Å². The summed E-state index contributed by atoms with van der Waals surface area (Å²) in [6, 6.07) is 7.17. The number of carbonyl (C=O) groups excluding carboxylic acids is 2. The number of ether oxygens (including phenoxy) is 1. The standard InChI is InChI=1S/C17H23ClN2O3.C2H2O4/c1-2-23-17(22)13-6-5-10-20(12-13)11-9-16(21)19-15-8-4-3-7-14(15)18;3-1(4)2(5)6/h3-4,7-8,13H,2,5-6,9-12H2,1H3,(H,19,21);(H,3,4)(H,5,6). The fourth-order valence-electron chi connectivity index (χ4n) is 2.75. The van der Waals surface area contributed by atoms with E-state index < -0.39 is 11.9 Å². The summed E-state index contributed by atoms with van der Waals surface area (Å²) in [5.74, 6) is -3.92. The smallest absolute Gasteiger partial charge is 0.414 e. The van der Waals surface area contributed by atoms with Gasteiger partial charge in [0.1, 0.15) is 0 Å². The molecule has 1 heterocycles. The summed E-state index contributed by atoms with van der Waals surface area (Å²) in [5, 5.41) is 18.1. The van der Waals surface area contributed by atoms with Gasteiger partial charge in [-0.1, -0.05) is 23.7 Å². The lowest BCUT2D eigenvalue weighted by atomic mass is 9.98. The fourth-order valence-corrected chi connectivity index (χ4v) is 2.93. The van der Waals surface area contributed by atoms with Gasteiger partial charge in [-0.05, 0) is 38.4 Å². The number of piperidine rings is 1. The lowest BCUT2D eigenvalue weighted by Crippen LogP contribution is -2.40. The highest BCUT2D eigenvalue weighted by Gasteiger charge is 2.26. The van der Waals surface area contributed by atoms with E-state index in [1.807, 2.05) is 19.1 Å². The molecule has 1 fully saturated rings. The lowest BCUT2D eigenvalue weighted by Gasteiger charge is -2.31. The molecule has 1 saturated heterocycles. The van der Waals surface area contributed by atoms with Crippen LogP contribution >= 0.6 is 11.6 Å². The molecule has 1 amide bonds. The first-order valence-corrected chi connectivity index (χ1v) is 9.52. The first-order chi connectivity index (χ1) is 13.7. The summed E-state index contributed by atoms with van der Waals surface area (Å²) in [6.07, 6.45) is 2.19. The van der Waals surface area contributed by atoms with Crippen molar-refractivity contribution in [1.82, 2.24) is 4.90 Å². The van der Waals surface area contributed by atoms with Crippen molar-refractivity contribution in [2.24, 2.45) is 5.92 Å². The molecule has 1 aliphatic rings. The number of hydrogen-bond donors (Lipinski definition) is 3. The van der Waals surface area contributed by atoms with Gasteiger partial charge in [0.2, 0.25) is 5.91 Å². The van der Waals surface area contributed by atoms with Crippen molar-refractivity contribution < 1.29 is 34.1 Å². The number of benzene rings is 1. The third-order valence-corrected chi connectivity index (χ3v) is 4.44. The zero-order valence-corrected chi connectivity index (χ0v) is 16.9. The van der Waals surface area contributed by atoms with Gasteiger partial charge < -0.3 is 25.2 Å². The van der Waals surface area contributed by atoms with Gasteiger partial charge in [0, 0.05) is 19.5 Å². The Morgan fingerprint density at radius 3 is 2.45 bits per heavy atom. The zero-order valence-electron chi connectivity index (χ0n) is 16.1. The maximum atomic E-state index is 12.0. The maximum Gasteiger partial charge on any atom is 0.414 e. The van der Waals surface area contributed by atoms with Crippen LogP contribution in [0.25, 0.3) is 0 Å². The molecule has 0 saturated carbocycles. The number of carbonyl (C=O) groups is 4. The third kappa shape index (κ3) is 9.40. The van der Waals surface area contributed by atoms with E-state index in [2.05, 4.69) is 10.2 Å². The van der Waals surface area contributed by atoms with Crippen LogP contribution in [0.3, 0.4) is 0 Å². The molecule has 0 aliphatic carbocycles. The Hall–Kier alpha value is -2.65. The molecule has 29 heavy (non-hydrogen) atoms. The molecule has 1 atom stereocenters. The lowest BCUT2D eigenvalue weighted by molar-refractivity contribution is -0.159. The van der Waals surface area contributed by atoms with E-state index in [1.54, 1.807) is 12.1 Å². The van der Waals surface area contributed by atoms with E-state index in [1.165, 1.54) is 0 Å². The summed E-state index contributed by atoms with van der Waals surface area (Å²) in [7, 11) is 0. The first-order valence-electron chi connectivity index (χ1n) is 9.14. The van der Waals surface area contributed by atoms with Crippen LogP contribution in [-0.2, 0) is 23.9 Å². The number of para-hydroxylation sites is 1. The van der Waals surface area contributed by atoms with Crippen LogP contribution < -0.4 is 5.32 Å². The number of likely N-dealkylation sites (tertiary alicyclic amines) is 1. The van der Waals surface area contributed by atoms with Crippen LogP contribution in [0.4, 0.5) is 5.69 Å². The Labute approximate surface area is 173 Å². The second-order valence-corrected chi connectivity index (χ2v) is 6.69. The summed E-state index contributed by atoms with van der Waals surface area (Å²) in [4.78, 5) is 44.2. The molecule has 1 aliphatic heterocycles. The van der Waals surface area contributed by atoms with E-state index in [0.29, 0.717) is 36.8 Å². The summed E-state index contributed by atoms with van der Waals surface area (Å²) >= 11 is 6.02. The molecule has 1 unspecified atom stereocenters. The van der Waals surface area contributed by atoms with Crippen molar-refractivity contribution in [3.8, 4) is 0 Å². The van der Waals surface area contributed by atoms with Crippen LogP contribution in [0.5, 0.6) is 0 Å². The minimum Gasteiger partial charge on any atom is -0.473 e. The van der Waals surface area contributed by atoms with Crippen LogP contribution in [0.2, 0.25) is 5.02 Å². The Balaban J connectivity index is 0.000000612. The average molecular weight is 429 g/mol. The highest BCUT2D eigenvalue weighted by molar-refractivity contribution is 6.33. The molecule has 1 aromatic rings. The Morgan fingerprint density at radius 1 is 1.21 bits per heavy atom. The number of nitrogens with one attached hydrogen (secondary N) is 1. The number of rotatable bonds is 6. The first kappa shape index (κ1) is 24.4. The predicted octanol–water partition coefficient (Wildman–Crippen LogP) is 2.10. The van der Waals surface area contributed by atoms with Gasteiger partial charge in [-0.15, -0.1) is 0 Å². The molecular formula is C19H25ClN2O7. The van der Waals surface area contributed by atoms with Crippen molar-refractivity contribution in [1.29, 1.82) is 0 Å². The second kappa shape index (κ2) is 12.7. The molecule has 0 bridgehead atoms. The number of amides is 1. The van der Waals surface area contributed by atoms with E-state index in [9.17, 15) is 9.59 Å². The molecule has 0 spiro atoms. The minimum atomic E-state index is -1.82. The Morgan fingerprint density at radius 2 is 1.86 bits per heavy atom. The zero-order chi connectivity index (χ0) is 21.8. The molecule has 9 nitrogen and oxygen atoms in total. The average Bonchev–Trinajstić information content (AvgIpc) is 2.69. The van der Waals surface area contributed by atoms with Crippen molar-refractivity contribution >= 4 is 41.1 Å². The quantitative estimate of drug-likeness (QED) is 0.463. The third-order valence-electron chi connectivity index (χ3n) is 4.11. The molecule has 0 radical (unpaired) electrons. The van der Waals surface area contributed by atoms with Gasteiger partial charge in [0.25, 0.3) is 0 Å². The predicted molar refractivity (Wildman–Crippen MR) is 106 cm³/mol. The SMILES string of the molecule is CCOC(=O)C1CCCN(CCC(=O)Nc2ccccc2Cl)C1.O=C(O)C(=O)O. The van der Waals surface area contributed by atoms with Crippen molar-refractivity contribution in [2.45, 2.75) is 26.2 Å². The van der Waals surface area contributed by atoms with Gasteiger partial charge in [-0.25, -0.2) is 9.59 Å². The van der Waals surface area contributed by atoms with Gasteiger partial charge in [-0.2, -0.15) is 0 Å². The number of esters is 1. The number of halogens is 1. The number of nitrogens with zero attached hydrogens (tertiary/aromatic N) is 1. The van der Waals surface area contributed by atoms with E-state index in [0.717, 1.165) is 19.4 Å². The molecule has 160 valence electrons. The largest absolute Gasteiger partial charge is 0.473 e. The number of carboxylic acids is 2. The molecule has 1 aromatic carbocycles. The van der Waals surface area contributed by atoms with Gasteiger partial charge >= 0.3 is 17.9 Å². The van der Waals surface area contributed by atoms with E-state index in [4.69, 9.17) is 36.1 Å². The highest BCUT2D eigenvalue weighted by atomic mass is 35.5. The number of anilines is 1. The normalized spacial score (nSPS) is 16.1. The molecule has 10 heteroatoms. The monoisotopic (exact) mass is 428 g/mol. The van der Waals surface area contributed by atoms with E-state index in [-0.39, 0.29) is 17.8 Å². The Bertz CT molecular complexity index is 714. The topological polar surface area (TPSA) is 133 Å². The van der Waals surface area contributed by atoms with E-state index >= 15 is 0 Å². The number of carboxylic acid groups (broad SMARTS) is 2. The fraction of sp³-hybridized carbons (Fsp3) is 0.474. The van der Waals surface area contributed by atoms with Crippen LogP contribution in [0, 0.1) is 5.92 Å². The summed E-state index contributed by atoms with van der Waals surface area (Å²) in [6.45, 7) is 4.44. The van der Waals surface area contributed by atoms with Gasteiger partial charge in [-0.3, -0.25) is 9.59 Å². The molecule has 0 aromatic heterocycles. The molecular weight excluding hydrogens is 404 g/mol. The van der Waals surface area contributed by atoms with Crippen molar-refractivity contribution in [2.75, 3.05) is 31.6 Å². The molecule has 2 rings (SSSR count). The Kier molecular flexibility index (Phi) is 10.7. The second-order valence-electron chi connectivity index (χ2n) is 6.28. The van der Waals surface area contributed by atoms with Gasteiger partial charge in [0.15, 0.2) is 0 Å². The minimum absolute atomic E-state index is 0.0728. The molecule has 3 N–H and O–H groups in total. The van der Waals surface area contributed by atoms with Crippen molar-refractivity contribution in [3.05, 3.63) is 29.3 Å². The highest BCUT2D eigenvalue weighted by Crippen LogP contribution is 2.21. The van der Waals surface area contributed by atoms with Crippen LogP contribution in [0.1, 0.15) is 26.2 Å². The maximum absolute atomic E-state index is 12.0. The van der Waals surface area contributed by atoms with Crippen LogP contribution in [0.15, 0.2) is 24.3 Å².